The van der Waals surface area contributed by atoms with Crippen LogP contribution in [0.4, 0.5) is 5.95 Å². The third kappa shape index (κ3) is 2.82. The highest BCUT2D eigenvalue weighted by molar-refractivity contribution is 9.10. The lowest BCUT2D eigenvalue weighted by atomic mass is 9.99. The molecule has 21 heavy (non-hydrogen) atoms. The molecule has 0 bridgehead atoms. The number of nitrogens with zero attached hydrogens (tertiary/aromatic N) is 3. The normalized spacial score (nSPS) is 22.6. The molecule has 3 rings (SSSR count). The minimum Gasteiger partial charge on any atom is -0.335 e. The minimum absolute atomic E-state index is 0.190. The average molecular weight is 350 g/mol. The van der Waals surface area contributed by atoms with E-state index in [0.29, 0.717) is 0 Å². The lowest BCUT2D eigenvalue weighted by Crippen LogP contribution is -2.50. The molecule has 0 amide bonds. The van der Waals surface area contributed by atoms with Gasteiger partial charge < -0.3 is 10.6 Å². The number of nitrogens with one attached hydrogen (secondary N) is 1. The van der Waals surface area contributed by atoms with Gasteiger partial charge in [-0.2, -0.15) is 4.98 Å². The maximum absolute atomic E-state index is 6.15. The zero-order valence-electron chi connectivity index (χ0n) is 12.3. The number of aromatic nitrogens is 3. The standard InChI is InChI=1S/C15H20BrN5/c1-9-8-11(5-6-12(9)16)14-18-15(20-19-14)21-7-3-4-13(17)10(21)2/h5-6,8,10,13H,3-4,7,17H2,1-2H3,(H,18,19,20). The van der Waals surface area contributed by atoms with Gasteiger partial charge in [-0.15, -0.1) is 5.10 Å². The molecule has 0 spiro atoms. The van der Waals surface area contributed by atoms with Gasteiger partial charge in [0, 0.05) is 28.7 Å². The van der Waals surface area contributed by atoms with E-state index in [2.05, 4.69) is 55.9 Å². The molecule has 1 aromatic heterocycles. The summed E-state index contributed by atoms with van der Waals surface area (Å²) in [5, 5.41) is 7.42. The molecule has 6 heteroatoms. The number of nitrogens with two attached hydrogens (primary N) is 1. The van der Waals surface area contributed by atoms with Gasteiger partial charge in [-0.3, -0.25) is 5.10 Å². The van der Waals surface area contributed by atoms with Crippen LogP contribution < -0.4 is 10.6 Å². The van der Waals surface area contributed by atoms with Crippen LogP contribution in [0, 0.1) is 6.92 Å². The van der Waals surface area contributed by atoms with Crippen LogP contribution >= 0.6 is 15.9 Å². The molecule has 1 saturated heterocycles. The number of hydrogen-bond acceptors (Lipinski definition) is 4. The molecule has 0 aliphatic carbocycles. The molecule has 1 aromatic carbocycles. The van der Waals surface area contributed by atoms with E-state index in [-0.39, 0.29) is 12.1 Å². The van der Waals surface area contributed by atoms with Crippen LogP contribution in [-0.2, 0) is 0 Å². The molecule has 1 fully saturated rings. The highest BCUT2D eigenvalue weighted by atomic mass is 79.9. The minimum atomic E-state index is 0.190. The quantitative estimate of drug-likeness (QED) is 0.874. The first-order valence-corrected chi connectivity index (χ1v) is 8.06. The molecule has 5 nitrogen and oxygen atoms in total. The highest BCUT2D eigenvalue weighted by Gasteiger charge is 2.27. The summed E-state index contributed by atoms with van der Waals surface area (Å²) < 4.78 is 1.10. The van der Waals surface area contributed by atoms with Crippen molar-refractivity contribution >= 4 is 21.9 Å². The second-order valence-electron chi connectivity index (χ2n) is 5.69. The van der Waals surface area contributed by atoms with Crippen molar-refractivity contribution in [1.29, 1.82) is 0 Å². The van der Waals surface area contributed by atoms with Gasteiger partial charge in [0.15, 0.2) is 5.82 Å². The Hall–Kier alpha value is -1.40. The van der Waals surface area contributed by atoms with Crippen molar-refractivity contribution in [2.75, 3.05) is 11.4 Å². The number of hydrogen-bond donors (Lipinski definition) is 2. The van der Waals surface area contributed by atoms with Crippen molar-refractivity contribution in [3.05, 3.63) is 28.2 Å². The molecular weight excluding hydrogens is 330 g/mol. The van der Waals surface area contributed by atoms with E-state index in [9.17, 15) is 0 Å². The molecule has 2 atom stereocenters. The molecule has 0 radical (unpaired) electrons. The number of aromatic amines is 1. The van der Waals surface area contributed by atoms with E-state index in [4.69, 9.17) is 5.73 Å². The molecule has 1 aliphatic heterocycles. The Bertz CT molecular complexity index is 639. The summed E-state index contributed by atoms with van der Waals surface area (Å²) >= 11 is 3.52. The second kappa shape index (κ2) is 5.77. The highest BCUT2D eigenvalue weighted by Crippen LogP contribution is 2.26. The van der Waals surface area contributed by atoms with Gasteiger partial charge in [-0.25, -0.2) is 0 Å². The molecule has 2 aromatic rings. The van der Waals surface area contributed by atoms with E-state index < -0.39 is 0 Å². The topological polar surface area (TPSA) is 70.8 Å². The number of rotatable bonds is 2. The van der Waals surface area contributed by atoms with Gasteiger partial charge in [0.25, 0.3) is 0 Å². The van der Waals surface area contributed by atoms with Gasteiger partial charge in [0.1, 0.15) is 0 Å². The molecule has 0 saturated carbocycles. The van der Waals surface area contributed by atoms with Crippen LogP contribution in [0.5, 0.6) is 0 Å². The third-order valence-corrected chi connectivity index (χ3v) is 5.10. The molecule has 1 aliphatic rings. The van der Waals surface area contributed by atoms with Crippen molar-refractivity contribution in [2.24, 2.45) is 5.73 Å². The Morgan fingerprint density at radius 1 is 1.43 bits per heavy atom. The first-order valence-electron chi connectivity index (χ1n) is 7.27. The molecular formula is C15H20BrN5. The van der Waals surface area contributed by atoms with Gasteiger partial charge in [0.2, 0.25) is 5.95 Å². The largest absolute Gasteiger partial charge is 0.335 e. The summed E-state index contributed by atoms with van der Waals surface area (Å²) in [6, 6.07) is 6.63. The zero-order valence-corrected chi connectivity index (χ0v) is 13.9. The number of anilines is 1. The summed E-state index contributed by atoms with van der Waals surface area (Å²) in [5.41, 5.74) is 8.37. The Balaban J connectivity index is 1.87. The second-order valence-corrected chi connectivity index (χ2v) is 6.54. The Morgan fingerprint density at radius 2 is 2.24 bits per heavy atom. The van der Waals surface area contributed by atoms with Crippen molar-refractivity contribution in [3.63, 3.8) is 0 Å². The monoisotopic (exact) mass is 349 g/mol. The number of aryl methyl sites for hydroxylation is 1. The van der Waals surface area contributed by atoms with Crippen LogP contribution in [0.1, 0.15) is 25.3 Å². The lowest BCUT2D eigenvalue weighted by Gasteiger charge is -2.36. The Kier molecular flexibility index (Phi) is 3.99. The summed E-state index contributed by atoms with van der Waals surface area (Å²) in [5.74, 6) is 1.54. The lowest BCUT2D eigenvalue weighted by molar-refractivity contribution is 0.416. The zero-order chi connectivity index (χ0) is 15.0. The van der Waals surface area contributed by atoms with Gasteiger partial charge >= 0.3 is 0 Å². The fourth-order valence-corrected chi connectivity index (χ4v) is 3.00. The fourth-order valence-electron chi connectivity index (χ4n) is 2.76. The maximum Gasteiger partial charge on any atom is 0.245 e. The van der Waals surface area contributed by atoms with Crippen LogP contribution in [0.15, 0.2) is 22.7 Å². The fraction of sp³-hybridized carbons (Fsp3) is 0.467. The number of benzene rings is 1. The average Bonchev–Trinajstić information content (AvgIpc) is 2.94. The van der Waals surface area contributed by atoms with E-state index in [0.717, 1.165) is 41.2 Å². The van der Waals surface area contributed by atoms with Crippen LogP contribution in [0.25, 0.3) is 11.4 Å². The molecule has 2 heterocycles. The first-order chi connectivity index (χ1) is 10.1. The van der Waals surface area contributed by atoms with E-state index in [1.807, 2.05) is 12.1 Å². The van der Waals surface area contributed by atoms with E-state index >= 15 is 0 Å². The van der Waals surface area contributed by atoms with Crippen LogP contribution in [0.3, 0.4) is 0 Å². The SMILES string of the molecule is Cc1cc(-c2nc(N3CCCC(N)C3C)n[nH]2)ccc1Br. The molecule has 3 N–H and O–H groups in total. The third-order valence-electron chi connectivity index (χ3n) is 4.21. The Morgan fingerprint density at radius 3 is 3.00 bits per heavy atom. The van der Waals surface area contributed by atoms with E-state index in [1.54, 1.807) is 0 Å². The molecule has 112 valence electrons. The summed E-state index contributed by atoms with van der Waals surface area (Å²) in [6.45, 7) is 5.17. The van der Waals surface area contributed by atoms with Gasteiger partial charge in [-0.1, -0.05) is 22.0 Å². The predicted molar refractivity (Wildman–Crippen MR) is 88.3 cm³/mol. The van der Waals surface area contributed by atoms with E-state index in [1.165, 1.54) is 5.56 Å². The summed E-state index contributed by atoms with van der Waals surface area (Å²) in [7, 11) is 0. The number of H-pyrrole nitrogens is 1. The number of piperidine rings is 1. The van der Waals surface area contributed by atoms with Gasteiger partial charge in [-0.05, 0) is 44.4 Å². The van der Waals surface area contributed by atoms with Crippen molar-refractivity contribution in [3.8, 4) is 11.4 Å². The van der Waals surface area contributed by atoms with Crippen molar-refractivity contribution in [1.82, 2.24) is 15.2 Å². The van der Waals surface area contributed by atoms with Crippen molar-refractivity contribution in [2.45, 2.75) is 38.8 Å². The Labute approximate surface area is 133 Å². The summed E-state index contributed by atoms with van der Waals surface area (Å²) in [6.07, 6.45) is 2.16. The summed E-state index contributed by atoms with van der Waals surface area (Å²) in [4.78, 5) is 6.84. The van der Waals surface area contributed by atoms with Crippen LogP contribution in [0.2, 0.25) is 0 Å². The maximum atomic E-state index is 6.15. The van der Waals surface area contributed by atoms with Gasteiger partial charge in [0.05, 0.1) is 0 Å². The molecule has 2 unspecified atom stereocenters. The van der Waals surface area contributed by atoms with Crippen molar-refractivity contribution < 1.29 is 0 Å². The predicted octanol–water partition coefficient (Wildman–Crippen LogP) is 2.86. The first kappa shape index (κ1) is 14.5. The smallest absolute Gasteiger partial charge is 0.245 e. The number of halogens is 1. The van der Waals surface area contributed by atoms with Crippen LogP contribution in [-0.4, -0.2) is 33.8 Å².